The summed E-state index contributed by atoms with van der Waals surface area (Å²) in [6, 6.07) is 0. The van der Waals surface area contributed by atoms with Crippen molar-refractivity contribution in [3.63, 3.8) is 0 Å². The molecule has 6 heteroatoms. The second-order valence-corrected chi connectivity index (χ2v) is 4.63. The van der Waals surface area contributed by atoms with Gasteiger partial charge in [0.1, 0.15) is 5.82 Å². The average Bonchev–Trinajstić information content (AvgIpc) is 2.86. The third-order valence-corrected chi connectivity index (χ3v) is 3.41. The molecule has 0 saturated heterocycles. The molecule has 0 atom stereocenters. The second kappa shape index (κ2) is 4.65. The molecule has 0 aliphatic heterocycles. The summed E-state index contributed by atoms with van der Waals surface area (Å²) < 4.78 is 1.69. The van der Waals surface area contributed by atoms with Crippen LogP contribution >= 0.6 is 0 Å². The van der Waals surface area contributed by atoms with Crippen molar-refractivity contribution in [2.45, 2.75) is 32.1 Å². The fourth-order valence-corrected chi connectivity index (χ4v) is 2.44. The van der Waals surface area contributed by atoms with Crippen molar-refractivity contribution in [3.8, 4) is 0 Å². The number of hydrogen-bond donors (Lipinski definition) is 1. The summed E-state index contributed by atoms with van der Waals surface area (Å²) in [4.78, 5) is 4.12. The number of fused-ring (bicyclic) bond motifs is 1. The smallest absolute Gasteiger partial charge is 0.199 e. The Morgan fingerprint density at radius 3 is 3.00 bits per heavy atom. The van der Waals surface area contributed by atoms with Crippen molar-refractivity contribution < 1.29 is 0 Å². The van der Waals surface area contributed by atoms with Crippen LogP contribution in [-0.2, 0) is 0 Å². The fourth-order valence-electron chi connectivity index (χ4n) is 2.44. The lowest BCUT2D eigenvalue weighted by Gasteiger charge is -2.22. The van der Waals surface area contributed by atoms with Gasteiger partial charge in [0, 0.05) is 6.54 Å². The molecule has 0 aromatic carbocycles. The van der Waals surface area contributed by atoms with E-state index in [9.17, 15) is 0 Å². The Morgan fingerprint density at radius 1 is 1.24 bits per heavy atom. The normalized spacial score (nSPS) is 17.4. The number of tetrazole rings is 1. The van der Waals surface area contributed by atoms with Crippen LogP contribution in [0.4, 0.5) is 5.82 Å². The largest absolute Gasteiger partial charge is 0.368 e. The average molecular weight is 232 g/mol. The van der Waals surface area contributed by atoms with Gasteiger partial charge in [-0.15, -0.1) is 5.10 Å². The number of nitrogens with one attached hydrogen (secondary N) is 1. The number of nitrogens with zero attached hydrogens (tertiary/aromatic N) is 5. The van der Waals surface area contributed by atoms with Crippen LogP contribution in [-0.4, -0.2) is 31.6 Å². The maximum absolute atomic E-state index is 4.12. The number of anilines is 1. The minimum atomic E-state index is 0.679. The fraction of sp³-hybridized carbons (Fsp3) is 0.636. The first-order chi connectivity index (χ1) is 8.43. The Kier molecular flexibility index (Phi) is 2.85. The molecule has 0 radical (unpaired) electrons. The molecule has 1 saturated carbocycles. The van der Waals surface area contributed by atoms with Gasteiger partial charge in [0.2, 0.25) is 0 Å². The molecule has 1 aliphatic rings. The highest BCUT2D eigenvalue weighted by atomic mass is 15.5. The summed E-state index contributed by atoms with van der Waals surface area (Å²) in [5, 5.41) is 14.9. The zero-order valence-electron chi connectivity index (χ0n) is 9.71. The molecule has 90 valence electrons. The summed E-state index contributed by atoms with van der Waals surface area (Å²) in [5.41, 5.74) is 0.679. The number of aromatic nitrogens is 5. The summed E-state index contributed by atoms with van der Waals surface area (Å²) in [6.45, 7) is 0.987. The van der Waals surface area contributed by atoms with E-state index in [0.29, 0.717) is 5.65 Å². The van der Waals surface area contributed by atoms with E-state index in [1.807, 2.05) is 0 Å². The molecular weight excluding hydrogens is 216 g/mol. The highest BCUT2D eigenvalue weighted by Gasteiger charge is 2.13. The minimum Gasteiger partial charge on any atom is -0.368 e. The number of hydrogen-bond acceptors (Lipinski definition) is 5. The Labute approximate surface area is 99.4 Å². The van der Waals surface area contributed by atoms with Gasteiger partial charge in [0.05, 0.1) is 12.4 Å². The van der Waals surface area contributed by atoms with Crippen molar-refractivity contribution in [1.29, 1.82) is 0 Å². The molecule has 0 amide bonds. The van der Waals surface area contributed by atoms with Crippen molar-refractivity contribution in [1.82, 2.24) is 25.0 Å². The molecule has 3 rings (SSSR count). The summed E-state index contributed by atoms with van der Waals surface area (Å²) in [6.07, 6.45) is 10.2. The Bertz CT molecular complexity index is 487. The number of rotatable bonds is 3. The van der Waals surface area contributed by atoms with Crippen molar-refractivity contribution >= 4 is 11.5 Å². The molecule has 0 spiro atoms. The standard InChI is InChI=1S/C11H16N6/c1-2-4-9(5-3-1)6-13-10-7-12-8-11-14-15-16-17(10)11/h7-9,13H,1-6H2. The first-order valence-corrected chi connectivity index (χ1v) is 6.19. The van der Waals surface area contributed by atoms with Gasteiger partial charge < -0.3 is 5.32 Å². The molecule has 1 fully saturated rings. The topological polar surface area (TPSA) is 68.0 Å². The van der Waals surface area contributed by atoms with Gasteiger partial charge in [-0.05, 0) is 29.2 Å². The molecule has 0 unspecified atom stereocenters. The van der Waals surface area contributed by atoms with Crippen LogP contribution in [0.5, 0.6) is 0 Å². The van der Waals surface area contributed by atoms with Crippen molar-refractivity contribution in [2.24, 2.45) is 5.92 Å². The zero-order chi connectivity index (χ0) is 11.5. The van der Waals surface area contributed by atoms with Crippen LogP contribution < -0.4 is 5.32 Å². The molecule has 2 heterocycles. The van der Waals surface area contributed by atoms with Crippen molar-refractivity contribution in [2.75, 3.05) is 11.9 Å². The highest BCUT2D eigenvalue weighted by Crippen LogP contribution is 2.23. The molecular formula is C11H16N6. The van der Waals surface area contributed by atoms with E-state index in [4.69, 9.17) is 0 Å². The Hall–Kier alpha value is -1.72. The van der Waals surface area contributed by atoms with E-state index >= 15 is 0 Å². The molecule has 2 aromatic rings. The first kappa shape index (κ1) is 10.4. The highest BCUT2D eigenvalue weighted by molar-refractivity contribution is 5.43. The lowest BCUT2D eigenvalue weighted by molar-refractivity contribution is 0.373. The van der Waals surface area contributed by atoms with Crippen LogP contribution in [0, 0.1) is 5.92 Å². The van der Waals surface area contributed by atoms with Gasteiger partial charge >= 0.3 is 0 Å². The molecule has 2 aromatic heterocycles. The van der Waals surface area contributed by atoms with Crippen molar-refractivity contribution in [3.05, 3.63) is 12.4 Å². The zero-order valence-corrected chi connectivity index (χ0v) is 9.71. The van der Waals surface area contributed by atoms with Gasteiger partial charge in [-0.3, -0.25) is 4.98 Å². The summed E-state index contributed by atoms with van der Waals surface area (Å²) >= 11 is 0. The summed E-state index contributed by atoms with van der Waals surface area (Å²) in [7, 11) is 0. The third kappa shape index (κ3) is 2.20. The van der Waals surface area contributed by atoms with E-state index in [-0.39, 0.29) is 0 Å². The van der Waals surface area contributed by atoms with Gasteiger partial charge in [0.15, 0.2) is 5.65 Å². The first-order valence-electron chi connectivity index (χ1n) is 6.19. The Balaban J connectivity index is 1.69. The van der Waals surface area contributed by atoms with E-state index in [2.05, 4.69) is 25.8 Å². The van der Waals surface area contributed by atoms with E-state index in [1.54, 1.807) is 16.9 Å². The monoisotopic (exact) mass is 232 g/mol. The van der Waals surface area contributed by atoms with Crippen LogP contribution in [0.15, 0.2) is 12.4 Å². The maximum Gasteiger partial charge on any atom is 0.199 e. The van der Waals surface area contributed by atoms with Crippen LogP contribution in [0.25, 0.3) is 5.65 Å². The second-order valence-electron chi connectivity index (χ2n) is 4.63. The van der Waals surface area contributed by atoms with E-state index in [1.165, 1.54) is 32.1 Å². The molecule has 6 nitrogen and oxygen atoms in total. The van der Waals surface area contributed by atoms with Gasteiger partial charge in [-0.2, -0.15) is 4.52 Å². The lowest BCUT2D eigenvalue weighted by atomic mass is 9.89. The maximum atomic E-state index is 4.12. The minimum absolute atomic E-state index is 0.679. The Morgan fingerprint density at radius 2 is 2.12 bits per heavy atom. The molecule has 1 aliphatic carbocycles. The van der Waals surface area contributed by atoms with Gasteiger partial charge in [-0.1, -0.05) is 19.3 Å². The van der Waals surface area contributed by atoms with Crippen LogP contribution in [0.3, 0.4) is 0 Å². The lowest BCUT2D eigenvalue weighted by Crippen LogP contribution is -2.18. The van der Waals surface area contributed by atoms with Crippen LogP contribution in [0.2, 0.25) is 0 Å². The summed E-state index contributed by atoms with van der Waals surface area (Å²) in [5.74, 6) is 1.65. The quantitative estimate of drug-likeness (QED) is 0.868. The third-order valence-electron chi connectivity index (χ3n) is 3.41. The predicted octanol–water partition coefficient (Wildman–Crippen LogP) is 1.51. The SMILES string of the molecule is c1ncc2nnnn2c1NCC1CCCCC1. The predicted molar refractivity (Wildman–Crippen MR) is 63.6 cm³/mol. The van der Waals surface area contributed by atoms with Gasteiger partial charge in [-0.25, -0.2) is 0 Å². The molecule has 0 bridgehead atoms. The molecule has 17 heavy (non-hydrogen) atoms. The van der Waals surface area contributed by atoms with E-state index < -0.39 is 0 Å². The van der Waals surface area contributed by atoms with E-state index in [0.717, 1.165) is 18.3 Å². The molecule has 1 N–H and O–H groups in total. The van der Waals surface area contributed by atoms with Gasteiger partial charge in [0.25, 0.3) is 0 Å². The van der Waals surface area contributed by atoms with Crippen LogP contribution in [0.1, 0.15) is 32.1 Å².